The number of likely N-dealkylation sites (tertiary alicyclic amines) is 1. The molecule has 0 saturated carbocycles. The molecule has 2 aliphatic rings. The van der Waals surface area contributed by atoms with E-state index in [0.717, 1.165) is 39.1 Å². The topological polar surface area (TPSA) is 49.8 Å². The molecule has 1 N–H and O–H groups in total. The minimum atomic E-state index is -0.726. The minimum Gasteiger partial charge on any atom is -0.480 e. The molecule has 0 aromatic carbocycles. The minimum absolute atomic E-state index is 0.182. The van der Waals surface area contributed by atoms with Crippen molar-refractivity contribution in [2.45, 2.75) is 12.8 Å². The van der Waals surface area contributed by atoms with Gasteiger partial charge < -0.3 is 9.84 Å². The average molecular weight is 185 g/mol. The number of nitrogens with zero attached hydrogens (tertiary/aromatic N) is 1. The molecule has 4 heteroatoms. The second kappa shape index (κ2) is 3.27. The van der Waals surface area contributed by atoms with Crippen LogP contribution in [0, 0.1) is 5.41 Å². The van der Waals surface area contributed by atoms with Gasteiger partial charge in [-0.05, 0) is 19.4 Å². The van der Waals surface area contributed by atoms with Crippen molar-refractivity contribution < 1.29 is 14.6 Å². The van der Waals surface area contributed by atoms with E-state index in [-0.39, 0.29) is 12.0 Å². The number of aliphatic carboxylic acids is 1. The summed E-state index contributed by atoms with van der Waals surface area (Å²) in [5, 5.41) is 8.63. The first-order valence-corrected chi connectivity index (χ1v) is 4.72. The molecule has 0 aliphatic carbocycles. The maximum absolute atomic E-state index is 10.5. The summed E-state index contributed by atoms with van der Waals surface area (Å²) in [6.07, 6.45) is 2.20. The van der Waals surface area contributed by atoms with E-state index >= 15 is 0 Å². The van der Waals surface area contributed by atoms with E-state index in [4.69, 9.17) is 9.84 Å². The van der Waals surface area contributed by atoms with E-state index in [9.17, 15) is 4.79 Å². The Kier molecular flexibility index (Phi) is 2.26. The van der Waals surface area contributed by atoms with Gasteiger partial charge in [0.1, 0.15) is 0 Å². The van der Waals surface area contributed by atoms with Crippen molar-refractivity contribution in [2.24, 2.45) is 5.41 Å². The number of hydrogen-bond acceptors (Lipinski definition) is 3. The van der Waals surface area contributed by atoms with Gasteiger partial charge in [0.2, 0.25) is 0 Å². The first kappa shape index (κ1) is 8.97. The zero-order valence-corrected chi connectivity index (χ0v) is 7.66. The molecule has 4 nitrogen and oxygen atoms in total. The van der Waals surface area contributed by atoms with Crippen LogP contribution in [-0.4, -0.2) is 48.8 Å². The monoisotopic (exact) mass is 185 g/mol. The van der Waals surface area contributed by atoms with Crippen molar-refractivity contribution in [3.63, 3.8) is 0 Å². The predicted molar refractivity (Wildman–Crippen MR) is 46.6 cm³/mol. The van der Waals surface area contributed by atoms with Crippen molar-refractivity contribution >= 4 is 5.97 Å². The van der Waals surface area contributed by atoms with Crippen LogP contribution >= 0.6 is 0 Å². The average Bonchev–Trinajstić information content (AvgIpc) is 2.63. The van der Waals surface area contributed by atoms with Gasteiger partial charge in [-0.2, -0.15) is 0 Å². The molecule has 0 radical (unpaired) electrons. The Morgan fingerprint density at radius 3 is 3.00 bits per heavy atom. The van der Waals surface area contributed by atoms with Gasteiger partial charge in [-0.1, -0.05) is 0 Å². The van der Waals surface area contributed by atoms with Gasteiger partial charge in [0, 0.05) is 18.6 Å². The molecule has 0 aromatic heterocycles. The smallest absolute Gasteiger partial charge is 0.317 e. The molecule has 0 aromatic rings. The van der Waals surface area contributed by atoms with Gasteiger partial charge in [0.05, 0.1) is 13.2 Å². The maximum Gasteiger partial charge on any atom is 0.317 e. The van der Waals surface area contributed by atoms with Crippen molar-refractivity contribution in [1.82, 2.24) is 4.90 Å². The Hall–Kier alpha value is -0.610. The van der Waals surface area contributed by atoms with Crippen LogP contribution in [0.15, 0.2) is 0 Å². The number of hydrogen-bond donors (Lipinski definition) is 1. The SMILES string of the molecule is O=C(O)CN1CCC2(CCOC2)C1. The van der Waals surface area contributed by atoms with Crippen LogP contribution in [0.4, 0.5) is 0 Å². The van der Waals surface area contributed by atoms with Crippen LogP contribution in [0.25, 0.3) is 0 Å². The van der Waals surface area contributed by atoms with Crippen LogP contribution in [-0.2, 0) is 9.53 Å². The number of carboxylic acid groups (broad SMARTS) is 1. The van der Waals surface area contributed by atoms with Gasteiger partial charge in [0.25, 0.3) is 0 Å². The highest BCUT2D eigenvalue weighted by Crippen LogP contribution is 2.37. The van der Waals surface area contributed by atoms with Crippen LogP contribution in [0.2, 0.25) is 0 Å². The number of carbonyl (C=O) groups is 1. The first-order valence-electron chi connectivity index (χ1n) is 4.72. The lowest BCUT2D eigenvalue weighted by atomic mass is 9.87. The fourth-order valence-corrected chi connectivity index (χ4v) is 2.33. The van der Waals surface area contributed by atoms with Crippen LogP contribution in [0.3, 0.4) is 0 Å². The summed E-state index contributed by atoms with van der Waals surface area (Å²) < 4.78 is 5.36. The lowest BCUT2D eigenvalue weighted by molar-refractivity contribution is -0.138. The van der Waals surface area contributed by atoms with E-state index < -0.39 is 5.97 Å². The molecular formula is C9H15NO3. The van der Waals surface area contributed by atoms with Crippen molar-refractivity contribution in [3.8, 4) is 0 Å². The molecule has 2 aliphatic heterocycles. The largest absolute Gasteiger partial charge is 0.480 e. The van der Waals surface area contributed by atoms with Gasteiger partial charge in [0.15, 0.2) is 0 Å². The molecule has 2 rings (SSSR count). The lowest BCUT2D eigenvalue weighted by Gasteiger charge is -2.20. The number of ether oxygens (including phenoxy) is 1. The quantitative estimate of drug-likeness (QED) is 0.667. The Bertz CT molecular complexity index is 211. The third kappa shape index (κ3) is 1.84. The zero-order chi connectivity index (χ0) is 9.31. The Balaban J connectivity index is 1.89. The van der Waals surface area contributed by atoms with Gasteiger partial charge >= 0.3 is 5.97 Å². The lowest BCUT2D eigenvalue weighted by Crippen LogP contribution is -2.31. The van der Waals surface area contributed by atoms with Crippen molar-refractivity contribution in [3.05, 3.63) is 0 Å². The highest BCUT2D eigenvalue weighted by atomic mass is 16.5. The third-order valence-electron chi connectivity index (χ3n) is 3.06. The highest BCUT2D eigenvalue weighted by Gasteiger charge is 2.41. The zero-order valence-electron chi connectivity index (χ0n) is 7.66. The van der Waals surface area contributed by atoms with Gasteiger partial charge in [-0.15, -0.1) is 0 Å². The normalized spacial score (nSPS) is 34.5. The van der Waals surface area contributed by atoms with Gasteiger partial charge in [-0.3, -0.25) is 9.69 Å². The summed E-state index contributed by atoms with van der Waals surface area (Å²) in [5.41, 5.74) is 0.287. The summed E-state index contributed by atoms with van der Waals surface area (Å²) in [5.74, 6) is -0.726. The summed E-state index contributed by atoms with van der Waals surface area (Å²) in [6, 6.07) is 0. The molecule has 0 amide bonds. The van der Waals surface area contributed by atoms with E-state index in [1.807, 2.05) is 4.90 Å². The van der Waals surface area contributed by atoms with Gasteiger partial charge in [-0.25, -0.2) is 0 Å². The summed E-state index contributed by atoms with van der Waals surface area (Å²) in [6.45, 7) is 3.67. The second-order valence-corrected chi connectivity index (χ2v) is 4.16. The molecule has 13 heavy (non-hydrogen) atoms. The molecule has 1 atom stereocenters. The molecule has 74 valence electrons. The highest BCUT2D eigenvalue weighted by molar-refractivity contribution is 5.69. The fraction of sp³-hybridized carbons (Fsp3) is 0.889. The first-order chi connectivity index (χ1) is 6.20. The molecule has 0 bridgehead atoms. The van der Waals surface area contributed by atoms with Crippen LogP contribution in [0.1, 0.15) is 12.8 Å². The standard InChI is InChI=1S/C9H15NO3/c11-8(12)5-10-3-1-9(6-10)2-4-13-7-9/h1-7H2,(H,11,12). The van der Waals surface area contributed by atoms with Crippen LogP contribution < -0.4 is 0 Å². The van der Waals surface area contributed by atoms with E-state index in [1.165, 1.54) is 0 Å². The van der Waals surface area contributed by atoms with Crippen LogP contribution in [0.5, 0.6) is 0 Å². The molecule has 2 saturated heterocycles. The summed E-state index contributed by atoms with van der Waals surface area (Å²) >= 11 is 0. The number of rotatable bonds is 2. The molecular weight excluding hydrogens is 170 g/mol. The van der Waals surface area contributed by atoms with E-state index in [1.54, 1.807) is 0 Å². The fourth-order valence-electron chi connectivity index (χ4n) is 2.33. The number of carboxylic acids is 1. The molecule has 1 unspecified atom stereocenters. The predicted octanol–water partition coefficient (Wildman–Crippen LogP) is 0.183. The molecule has 2 fully saturated rings. The summed E-state index contributed by atoms with van der Waals surface area (Å²) in [7, 11) is 0. The summed E-state index contributed by atoms with van der Waals surface area (Å²) in [4.78, 5) is 12.5. The second-order valence-electron chi connectivity index (χ2n) is 4.16. The molecule has 1 spiro atoms. The van der Waals surface area contributed by atoms with Crippen molar-refractivity contribution in [2.75, 3.05) is 32.8 Å². The Labute approximate surface area is 77.5 Å². The molecule has 2 heterocycles. The third-order valence-corrected chi connectivity index (χ3v) is 3.06. The maximum atomic E-state index is 10.5. The Morgan fingerprint density at radius 1 is 1.54 bits per heavy atom. The Morgan fingerprint density at radius 2 is 2.38 bits per heavy atom. The van der Waals surface area contributed by atoms with E-state index in [2.05, 4.69) is 0 Å². The van der Waals surface area contributed by atoms with Crippen molar-refractivity contribution in [1.29, 1.82) is 0 Å². The van der Waals surface area contributed by atoms with E-state index in [0.29, 0.717) is 0 Å².